The maximum absolute atomic E-state index is 14.8. The van der Waals surface area contributed by atoms with Gasteiger partial charge in [0, 0.05) is 78.1 Å². The van der Waals surface area contributed by atoms with Gasteiger partial charge in [-0.3, -0.25) is 19.1 Å². The summed E-state index contributed by atoms with van der Waals surface area (Å²) in [5, 5.41) is 13.2. The van der Waals surface area contributed by atoms with E-state index in [1.54, 1.807) is 47.6 Å². The minimum atomic E-state index is -0.446. The van der Waals surface area contributed by atoms with Gasteiger partial charge >= 0.3 is 0 Å². The summed E-state index contributed by atoms with van der Waals surface area (Å²) in [5.41, 5.74) is 6.46. The summed E-state index contributed by atoms with van der Waals surface area (Å²) in [6.45, 7) is 2.99. The zero-order valence-corrected chi connectivity index (χ0v) is 27.9. The second-order valence-electron chi connectivity index (χ2n) is 11.5. The van der Waals surface area contributed by atoms with Gasteiger partial charge in [-0.05, 0) is 66.6 Å². The second-order valence-corrected chi connectivity index (χ2v) is 12.9. The van der Waals surface area contributed by atoms with E-state index in [-0.39, 0.29) is 22.6 Å². The molecule has 0 unspecified atom stereocenters. The summed E-state index contributed by atoms with van der Waals surface area (Å²) in [4.78, 5) is 32.4. The third kappa shape index (κ3) is 5.95. The van der Waals surface area contributed by atoms with Crippen LogP contribution in [-0.4, -0.2) is 53.3 Å². The Morgan fingerprint density at radius 2 is 1.73 bits per heavy atom. The van der Waals surface area contributed by atoms with Crippen LogP contribution in [0.1, 0.15) is 34.1 Å². The highest BCUT2D eigenvalue weighted by Gasteiger charge is 2.28. The molecular weight excluding hydrogens is 649 g/mol. The fraction of sp³-hybridized carbons (Fsp3) is 0.194. The van der Waals surface area contributed by atoms with Crippen LogP contribution in [0.3, 0.4) is 0 Å². The van der Waals surface area contributed by atoms with Gasteiger partial charge < -0.3 is 14.8 Å². The van der Waals surface area contributed by atoms with Crippen molar-refractivity contribution in [2.75, 3.05) is 17.6 Å². The number of halogens is 2. The Kier molecular flexibility index (Phi) is 8.72. The van der Waals surface area contributed by atoms with Crippen molar-refractivity contribution >= 4 is 51.8 Å². The largest absolute Gasteiger partial charge is 0.345 e. The highest BCUT2D eigenvalue weighted by Crippen LogP contribution is 2.35. The van der Waals surface area contributed by atoms with Crippen LogP contribution in [0.5, 0.6) is 0 Å². The summed E-state index contributed by atoms with van der Waals surface area (Å²) in [6, 6.07) is 22.2. The van der Waals surface area contributed by atoms with E-state index in [2.05, 4.69) is 39.6 Å². The third-order valence-corrected chi connectivity index (χ3v) is 9.88. The number of thioether (sulfide) groups is 1. The molecular formula is C36H31ClFN7O2S. The van der Waals surface area contributed by atoms with E-state index >= 15 is 0 Å². The molecule has 6 aromatic rings. The molecule has 0 saturated carbocycles. The van der Waals surface area contributed by atoms with E-state index in [1.807, 2.05) is 46.5 Å². The first-order chi connectivity index (χ1) is 23.3. The molecule has 12 heteroatoms. The number of nitrogens with zero attached hydrogens (tertiary/aromatic N) is 6. The first kappa shape index (κ1) is 31.6. The molecule has 2 amide bonds. The van der Waals surface area contributed by atoms with Crippen molar-refractivity contribution in [2.24, 2.45) is 7.05 Å². The second kappa shape index (κ2) is 13.2. The van der Waals surface area contributed by atoms with Crippen LogP contribution in [0.2, 0.25) is 5.02 Å². The number of nitrogens with one attached hydrogen (secondary N) is 1. The van der Waals surface area contributed by atoms with Crippen LogP contribution in [0.15, 0.2) is 90.3 Å². The number of hydrogen-bond donors (Lipinski definition) is 1. The van der Waals surface area contributed by atoms with Crippen molar-refractivity contribution in [3.8, 4) is 17.1 Å². The van der Waals surface area contributed by atoms with Gasteiger partial charge in [-0.25, -0.2) is 4.39 Å². The Morgan fingerprint density at radius 1 is 0.979 bits per heavy atom. The van der Waals surface area contributed by atoms with E-state index in [9.17, 15) is 14.0 Å². The van der Waals surface area contributed by atoms with E-state index in [0.717, 1.165) is 34.3 Å². The zero-order chi connectivity index (χ0) is 33.4. The number of rotatable bonds is 8. The molecule has 1 aliphatic heterocycles. The fourth-order valence-electron chi connectivity index (χ4n) is 6.15. The van der Waals surface area contributed by atoms with Crippen molar-refractivity contribution in [1.29, 1.82) is 0 Å². The number of benzene rings is 3. The van der Waals surface area contributed by atoms with Crippen molar-refractivity contribution in [3.05, 3.63) is 118 Å². The van der Waals surface area contributed by atoms with Gasteiger partial charge in [0.25, 0.3) is 5.91 Å². The quantitative estimate of drug-likeness (QED) is 0.172. The SMILES string of the molecule is CCc1ccc(-n2c(SCC(=O)Nc3ccc(C(=O)N4CCc5c(c6ccc(Cl)c(F)c6n5C)C4)cc3)nnc2-c2ccncc2)cc1. The molecule has 0 spiro atoms. The zero-order valence-electron chi connectivity index (χ0n) is 26.3. The lowest BCUT2D eigenvalue weighted by Crippen LogP contribution is -2.36. The fourth-order valence-corrected chi connectivity index (χ4v) is 7.06. The normalized spacial score (nSPS) is 12.7. The molecule has 48 heavy (non-hydrogen) atoms. The first-order valence-corrected chi connectivity index (χ1v) is 16.9. The Hall–Kier alpha value is -5.00. The van der Waals surface area contributed by atoms with E-state index < -0.39 is 5.82 Å². The van der Waals surface area contributed by atoms with Gasteiger partial charge in [0.05, 0.1) is 16.3 Å². The number of aromatic nitrogens is 5. The lowest BCUT2D eigenvalue weighted by atomic mass is 10.0. The summed E-state index contributed by atoms with van der Waals surface area (Å²) in [6.07, 6.45) is 4.95. The molecule has 3 aromatic carbocycles. The van der Waals surface area contributed by atoms with Crippen LogP contribution in [0, 0.1) is 5.82 Å². The highest BCUT2D eigenvalue weighted by atomic mass is 35.5. The number of carbonyl (C=O) groups is 2. The summed E-state index contributed by atoms with van der Waals surface area (Å²) >= 11 is 7.33. The maximum atomic E-state index is 14.8. The molecule has 0 radical (unpaired) electrons. The van der Waals surface area contributed by atoms with E-state index in [0.29, 0.717) is 47.3 Å². The van der Waals surface area contributed by atoms with Gasteiger partial charge in [0.15, 0.2) is 16.8 Å². The number of hydrogen-bond acceptors (Lipinski definition) is 6. The Bertz CT molecular complexity index is 2150. The predicted molar refractivity (Wildman–Crippen MR) is 186 cm³/mol. The first-order valence-electron chi connectivity index (χ1n) is 15.5. The monoisotopic (exact) mass is 679 g/mol. The van der Waals surface area contributed by atoms with Crippen molar-refractivity contribution < 1.29 is 14.0 Å². The molecule has 1 aliphatic rings. The molecule has 0 saturated heterocycles. The Balaban J connectivity index is 1.02. The predicted octanol–water partition coefficient (Wildman–Crippen LogP) is 7.11. The summed E-state index contributed by atoms with van der Waals surface area (Å²) < 4.78 is 18.6. The Labute approximate surface area is 285 Å². The number of amides is 2. The lowest BCUT2D eigenvalue weighted by molar-refractivity contribution is -0.113. The molecule has 1 N–H and O–H groups in total. The third-order valence-electron chi connectivity index (χ3n) is 8.66. The van der Waals surface area contributed by atoms with Crippen LogP contribution in [0.25, 0.3) is 28.0 Å². The standard InChI is InChI=1S/C36H31ClFN7O2S/c1-3-22-4-10-26(11-5-22)45-34(23-14-17-39-18-15-23)41-42-36(45)48-21-31(46)40-25-8-6-24(7-9-25)35(47)44-19-16-30-28(20-44)27-12-13-29(37)32(38)33(27)43(30)2/h4-15,17-18H,3,16,19-21H2,1-2H3,(H,40,46). The van der Waals surface area contributed by atoms with Crippen LogP contribution >= 0.6 is 23.4 Å². The van der Waals surface area contributed by atoms with Gasteiger partial charge in [-0.1, -0.05) is 48.5 Å². The average molecular weight is 680 g/mol. The highest BCUT2D eigenvalue weighted by molar-refractivity contribution is 7.99. The topological polar surface area (TPSA) is 97.9 Å². The van der Waals surface area contributed by atoms with Gasteiger partial charge in [0.1, 0.15) is 0 Å². The smallest absolute Gasteiger partial charge is 0.254 e. The Morgan fingerprint density at radius 3 is 2.46 bits per heavy atom. The molecule has 0 bridgehead atoms. The molecule has 0 aliphatic carbocycles. The molecule has 3 aromatic heterocycles. The number of anilines is 1. The minimum absolute atomic E-state index is 0.0789. The molecule has 0 fully saturated rings. The average Bonchev–Trinajstić information content (AvgIpc) is 3.68. The molecule has 242 valence electrons. The van der Waals surface area contributed by atoms with Gasteiger partial charge in [0.2, 0.25) is 5.91 Å². The summed E-state index contributed by atoms with van der Waals surface area (Å²) in [5.74, 6) is -0.0241. The summed E-state index contributed by atoms with van der Waals surface area (Å²) in [7, 11) is 1.83. The minimum Gasteiger partial charge on any atom is -0.345 e. The molecule has 4 heterocycles. The maximum Gasteiger partial charge on any atom is 0.254 e. The van der Waals surface area contributed by atoms with Crippen LogP contribution in [0.4, 0.5) is 10.1 Å². The molecule has 7 rings (SSSR count). The number of carbonyl (C=O) groups excluding carboxylic acids is 2. The van der Waals surface area contributed by atoms with E-state index in [4.69, 9.17) is 11.6 Å². The van der Waals surface area contributed by atoms with E-state index in [1.165, 1.54) is 17.3 Å². The molecule has 9 nitrogen and oxygen atoms in total. The number of aryl methyl sites for hydroxylation is 2. The van der Waals surface area contributed by atoms with Crippen molar-refractivity contribution in [1.82, 2.24) is 29.2 Å². The lowest BCUT2D eigenvalue weighted by Gasteiger charge is -2.28. The molecule has 0 atom stereocenters. The van der Waals surface area contributed by atoms with Gasteiger partial charge in [-0.15, -0.1) is 10.2 Å². The van der Waals surface area contributed by atoms with Crippen molar-refractivity contribution in [3.63, 3.8) is 0 Å². The van der Waals surface area contributed by atoms with Crippen LogP contribution < -0.4 is 5.32 Å². The number of fused-ring (bicyclic) bond motifs is 3. The van der Waals surface area contributed by atoms with Crippen molar-refractivity contribution in [2.45, 2.75) is 31.5 Å². The van der Waals surface area contributed by atoms with Crippen LogP contribution in [-0.2, 0) is 31.2 Å². The van der Waals surface area contributed by atoms with Gasteiger partial charge in [-0.2, -0.15) is 0 Å². The number of pyridine rings is 1.